The van der Waals surface area contributed by atoms with E-state index in [0.717, 1.165) is 4.90 Å². The van der Waals surface area contributed by atoms with Crippen LogP contribution in [-0.2, 0) is 14.3 Å². The largest absolute Gasteiger partial charge is 0.480 e. The molecular weight excluding hydrogens is 256 g/mol. The van der Waals surface area contributed by atoms with E-state index in [2.05, 4.69) is 5.32 Å². The number of carbonyl (C=O) groups excluding carboxylic acids is 1. The van der Waals surface area contributed by atoms with Gasteiger partial charge in [0.1, 0.15) is 13.1 Å². The quantitative estimate of drug-likeness (QED) is 0.635. The number of ether oxygens (including phenoxy) is 1. The highest BCUT2D eigenvalue weighted by Crippen LogP contribution is 2.25. The number of rotatable bonds is 5. The van der Waals surface area contributed by atoms with Crippen LogP contribution in [0.1, 0.15) is 20.3 Å². The van der Waals surface area contributed by atoms with Crippen molar-refractivity contribution in [2.24, 2.45) is 0 Å². The van der Waals surface area contributed by atoms with Gasteiger partial charge in [-0.2, -0.15) is 0 Å². The fraction of sp³-hybridized carbons (Fsp3) is 0.727. The second-order valence-corrected chi connectivity index (χ2v) is 4.75. The average molecular weight is 274 g/mol. The van der Waals surface area contributed by atoms with Gasteiger partial charge in [0.05, 0.1) is 11.6 Å². The molecule has 0 bridgehead atoms. The minimum Gasteiger partial charge on any atom is -0.480 e. The maximum Gasteiger partial charge on any atom is 0.323 e. The lowest BCUT2D eigenvalue weighted by Gasteiger charge is -2.31. The van der Waals surface area contributed by atoms with E-state index in [1.807, 2.05) is 0 Å². The van der Waals surface area contributed by atoms with E-state index in [1.165, 1.54) is 0 Å². The Labute approximate surface area is 110 Å². The van der Waals surface area contributed by atoms with Gasteiger partial charge in [0.2, 0.25) is 0 Å². The van der Waals surface area contributed by atoms with Gasteiger partial charge in [0, 0.05) is 6.61 Å². The first-order valence-electron chi connectivity index (χ1n) is 5.87. The Hall–Kier alpha value is -1.83. The van der Waals surface area contributed by atoms with Crippen LogP contribution < -0.4 is 5.32 Å². The summed E-state index contributed by atoms with van der Waals surface area (Å²) in [5.41, 5.74) is -0.619. The molecule has 1 fully saturated rings. The molecule has 8 nitrogen and oxygen atoms in total. The molecule has 0 saturated carbocycles. The van der Waals surface area contributed by atoms with Gasteiger partial charge in [-0.25, -0.2) is 4.79 Å². The summed E-state index contributed by atoms with van der Waals surface area (Å²) >= 11 is 0. The van der Waals surface area contributed by atoms with Gasteiger partial charge >= 0.3 is 18.0 Å². The van der Waals surface area contributed by atoms with Crippen molar-refractivity contribution in [3.63, 3.8) is 0 Å². The highest BCUT2D eigenvalue weighted by molar-refractivity contribution is 5.84. The lowest BCUT2D eigenvalue weighted by Crippen LogP contribution is -2.56. The summed E-state index contributed by atoms with van der Waals surface area (Å²) in [6.07, 6.45) is 0.376. The van der Waals surface area contributed by atoms with E-state index in [-0.39, 0.29) is 6.10 Å². The van der Waals surface area contributed by atoms with Gasteiger partial charge in [-0.1, -0.05) is 0 Å². The van der Waals surface area contributed by atoms with Crippen LogP contribution in [0, 0.1) is 0 Å². The van der Waals surface area contributed by atoms with Gasteiger partial charge in [-0.15, -0.1) is 0 Å². The zero-order valence-corrected chi connectivity index (χ0v) is 10.9. The third kappa shape index (κ3) is 4.09. The highest BCUT2D eigenvalue weighted by Gasteiger charge is 2.39. The predicted molar refractivity (Wildman–Crippen MR) is 63.8 cm³/mol. The van der Waals surface area contributed by atoms with Crippen LogP contribution in [0.25, 0.3) is 0 Å². The monoisotopic (exact) mass is 274 g/mol. The molecule has 0 radical (unpaired) electrons. The minimum absolute atomic E-state index is 0.215. The fourth-order valence-electron chi connectivity index (χ4n) is 1.85. The topological polar surface area (TPSA) is 116 Å². The van der Waals surface area contributed by atoms with Gasteiger partial charge in [0.15, 0.2) is 0 Å². The molecule has 0 aliphatic carbocycles. The first-order valence-corrected chi connectivity index (χ1v) is 5.87. The van der Waals surface area contributed by atoms with Crippen LogP contribution in [0.4, 0.5) is 4.79 Å². The molecule has 2 unspecified atom stereocenters. The molecule has 3 N–H and O–H groups in total. The van der Waals surface area contributed by atoms with Crippen LogP contribution in [0.5, 0.6) is 0 Å². The second-order valence-electron chi connectivity index (χ2n) is 4.75. The van der Waals surface area contributed by atoms with E-state index in [0.29, 0.717) is 13.0 Å². The zero-order valence-electron chi connectivity index (χ0n) is 10.9. The van der Waals surface area contributed by atoms with Crippen molar-refractivity contribution in [1.29, 1.82) is 0 Å². The number of carbonyl (C=O) groups is 3. The number of nitrogens with zero attached hydrogens (tertiary/aromatic N) is 1. The Morgan fingerprint density at radius 3 is 2.21 bits per heavy atom. The molecule has 1 rings (SSSR count). The van der Waals surface area contributed by atoms with Gasteiger partial charge < -0.3 is 25.2 Å². The zero-order chi connectivity index (χ0) is 14.6. The molecular formula is C11H18N2O6. The third-order valence-electron chi connectivity index (χ3n) is 3.22. The number of aliphatic carboxylic acids is 2. The first kappa shape index (κ1) is 15.2. The molecule has 1 heterocycles. The fourth-order valence-corrected chi connectivity index (χ4v) is 1.85. The highest BCUT2D eigenvalue weighted by atomic mass is 16.5. The van der Waals surface area contributed by atoms with Crippen molar-refractivity contribution in [2.75, 3.05) is 19.7 Å². The minimum atomic E-state index is -1.27. The summed E-state index contributed by atoms with van der Waals surface area (Å²) in [5, 5.41) is 20.0. The number of nitrogens with one attached hydrogen (secondary N) is 1. The molecule has 2 amide bonds. The summed E-state index contributed by atoms with van der Waals surface area (Å²) in [6, 6.07) is -0.718. The van der Waals surface area contributed by atoms with Crippen LogP contribution in [0.15, 0.2) is 0 Å². The van der Waals surface area contributed by atoms with Crippen LogP contribution in [-0.4, -0.2) is 64.4 Å². The molecule has 0 aromatic carbocycles. The SMILES string of the molecule is CC1OCCC1(C)NC(=O)N(CC(=O)O)CC(=O)O. The van der Waals surface area contributed by atoms with Gasteiger partial charge in [-0.05, 0) is 20.3 Å². The maximum absolute atomic E-state index is 12.0. The molecule has 8 heteroatoms. The van der Waals surface area contributed by atoms with Crippen LogP contribution in [0.3, 0.4) is 0 Å². The number of carboxylic acids is 2. The van der Waals surface area contributed by atoms with E-state index >= 15 is 0 Å². The summed E-state index contributed by atoms with van der Waals surface area (Å²) in [6.45, 7) is 2.75. The van der Waals surface area contributed by atoms with Crippen molar-refractivity contribution in [3.8, 4) is 0 Å². The molecule has 0 aromatic heterocycles. The Kier molecular flexibility index (Phi) is 4.71. The molecule has 108 valence electrons. The van der Waals surface area contributed by atoms with Crippen molar-refractivity contribution in [1.82, 2.24) is 10.2 Å². The molecule has 0 aromatic rings. The van der Waals surface area contributed by atoms with E-state index < -0.39 is 36.6 Å². The smallest absolute Gasteiger partial charge is 0.323 e. The van der Waals surface area contributed by atoms with E-state index in [1.54, 1.807) is 13.8 Å². The summed E-state index contributed by atoms with van der Waals surface area (Å²) in [4.78, 5) is 34.0. The lowest BCUT2D eigenvalue weighted by molar-refractivity contribution is -0.140. The summed E-state index contributed by atoms with van der Waals surface area (Å²) in [5.74, 6) is -2.53. The molecule has 1 saturated heterocycles. The van der Waals surface area contributed by atoms with E-state index in [4.69, 9.17) is 14.9 Å². The lowest BCUT2D eigenvalue weighted by atomic mass is 9.95. The van der Waals surface area contributed by atoms with Gasteiger partial charge in [-0.3, -0.25) is 9.59 Å². The van der Waals surface area contributed by atoms with Crippen molar-refractivity contribution in [3.05, 3.63) is 0 Å². The number of hydrogen-bond acceptors (Lipinski definition) is 4. The summed E-state index contributed by atoms with van der Waals surface area (Å²) in [7, 11) is 0. The predicted octanol–water partition coefficient (Wildman–Crippen LogP) is -0.265. The maximum atomic E-state index is 12.0. The molecule has 1 aliphatic rings. The molecule has 1 aliphatic heterocycles. The number of urea groups is 1. The van der Waals surface area contributed by atoms with Gasteiger partial charge in [0.25, 0.3) is 0 Å². The van der Waals surface area contributed by atoms with Crippen LogP contribution >= 0.6 is 0 Å². The molecule has 0 spiro atoms. The first-order chi connectivity index (χ1) is 8.74. The molecule has 19 heavy (non-hydrogen) atoms. The Bertz CT molecular complexity index is 369. The number of hydrogen-bond donors (Lipinski definition) is 3. The normalized spacial score (nSPS) is 25.9. The standard InChI is InChI=1S/C11H18N2O6/c1-7-11(2,3-4-19-7)12-10(18)13(5-8(14)15)6-9(16)17/h7H,3-6H2,1-2H3,(H,12,18)(H,14,15)(H,16,17). The average Bonchev–Trinajstić information content (AvgIpc) is 2.56. The Morgan fingerprint density at radius 1 is 1.32 bits per heavy atom. The van der Waals surface area contributed by atoms with Crippen molar-refractivity contribution >= 4 is 18.0 Å². The number of carboxylic acid groups (broad SMARTS) is 2. The Morgan fingerprint density at radius 2 is 1.84 bits per heavy atom. The Balaban J connectivity index is 2.70. The van der Waals surface area contributed by atoms with E-state index in [9.17, 15) is 14.4 Å². The van der Waals surface area contributed by atoms with Crippen LogP contribution in [0.2, 0.25) is 0 Å². The second kappa shape index (κ2) is 5.87. The third-order valence-corrected chi connectivity index (χ3v) is 3.22. The van der Waals surface area contributed by atoms with Crippen molar-refractivity contribution < 1.29 is 29.3 Å². The molecule has 2 atom stereocenters. The summed E-state index contributed by atoms with van der Waals surface area (Å²) < 4.78 is 5.35. The van der Waals surface area contributed by atoms with Crippen molar-refractivity contribution in [2.45, 2.75) is 31.9 Å². The number of amides is 2.